The van der Waals surface area contributed by atoms with Gasteiger partial charge in [-0.1, -0.05) is 6.42 Å². The summed E-state index contributed by atoms with van der Waals surface area (Å²) in [6.45, 7) is 5.18. The summed E-state index contributed by atoms with van der Waals surface area (Å²) in [6.07, 6.45) is 5.68. The topological polar surface area (TPSA) is 15.3 Å². The third kappa shape index (κ3) is 3.62. The average Bonchev–Trinajstić information content (AvgIpc) is 2.58. The molecule has 2 aliphatic rings. The van der Waals surface area contributed by atoms with E-state index in [-0.39, 0.29) is 24.8 Å². The Hall–Kier alpha value is 0.500. The van der Waals surface area contributed by atoms with E-state index in [4.69, 9.17) is 0 Å². The molecule has 0 bridgehead atoms. The highest BCUT2D eigenvalue weighted by atomic mass is 35.5. The SMILES string of the molecule is C1CCN(C2CCNC2)CC1.Cl.Cl. The van der Waals surface area contributed by atoms with Gasteiger partial charge in [-0.3, -0.25) is 4.90 Å². The molecule has 1 N–H and O–H groups in total. The van der Waals surface area contributed by atoms with E-state index < -0.39 is 0 Å². The molecule has 0 aromatic heterocycles. The minimum atomic E-state index is 0. The Labute approximate surface area is 93.3 Å². The molecule has 0 aromatic rings. The lowest BCUT2D eigenvalue weighted by Gasteiger charge is -2.31. The van der Waals surface area contributed by atoms with Crippen molar-refractivity contribution in [2.75, 3.05) is 26.2 Å². The van der Waals surface area contributed by atoms with Crippen LogP contribution in [0.15, 0.2) is 0 Å². The van der Waals surface area contributed by atoms with Crippen molar-refractivity contribution in [3.63, 3.8) is 0 Å². The quantitative estimate of drug-likeness (QED) is 0.733. The maximum atomic E-state index is 3.43. The summed E-state index contributed by atoms with van der Waals surface area (Å²) in [4.78, 5) is 2.67. The second kappa shape index (κ2) is 6.88. The second-order valence-corrected chi connectivity index (χ2v) is 3.74. The van der Waals surface area contributed by atoms with Crippen LogP contribution >= 0.6 is 24.8 Å². The van der Waals surface area contributed by atoms with Crippen molar-refractivity contribution in [1.29, 1.82) is 0 Å². The number of hydrogen-bond donors (Lipinski definition) is 1. The third-order valence-corrected chi connectivity index (χ3v) is 2.94. The zero-order chi connectivity index (χ0) is 7.52. The van der Waals surface area contributed by atoms with Gasteiger partial charge in [0.15, 0.2) is 0 Å². The van der Waals surface area contributed by atoms with Gasteiger partial charge in [-0.2, -0.15) is 0 Å². The molecule has 0 aliphatic carbocycles. The molecule has 4 heteroatoms. The van der Waals surface area contributed by atoms with Crippen molar-refractivity contribution in [3.8, 4) is 0 Å². The number of piperidine rings is 1. The molecule has 80 valence electrons. The monoisotopic (exact) mass is 226 g/mol. The Morgan fingerprint density at radius 1 is 1.00 bits per heavy atom. The van der Waals surface area contributed by atoms with Gasteiger partial charge < -0.3 is 5.32 Å². The lowest BCUT2D eigenvalue weighted by Crippen LogP contribution is -2.40. The van der Waals surface area contributed by atoms with E-state index in [1.807, 2.05) is 0 Å². The predicted octanol–water partition coefficient (Wildman–Crippen LogP) is 1.68. The zero-order valence-electron chi connectivity index (χ0n) is 8.00. The maximum Gasteiger partial charge on any atom is 0.0232 e. The Morgan fingerprint density at radius 2 is 1.69 bits per heavy atom. The van der Waals surface area contributed by atoms with Gasteiger partial charge >= 0.3 is 0 Å². The standard InChI is InChI=1S/C9H18N2.2ClH/c1-2-6-11(7-3-1)9-4-5-10-8-9;;/h9-10H,1-8H2;2*1H. The summed E-state index contributed by atoms with van der Waals surface area (Å²) < 4.78 is 0. The third-order valence-electron chi connectivity index (χ3n) is 2.94. The summed E-state index contributed by atoms with van der Waals surface area (Å²) in [5.74, 6) is 0. The average molecular weight is 227 g/mol. The van der Waals surface area contributed by atoms with Crippen LogP contribution in [-0.4, -0.2) is 37.1 Å². The van der Waals surface area contributed by atoms with Crippen molar-refractivity contribution in [2.24, 2.45) is 0 Å². The van der Waals surface area contributed by atoms with Crippen molar-refractivity contribution < 1.29 is 0 Å². The molecule has 0 radical (unpaired) electrons. The molecular weight excluding hydrogens is 207 g/mol. The van der Waals surface area contributed by atoms with E-state index in [0.717, 1.165) is 6.04 Å². The first kappa shape index (κ1) is 13.5. The van der Waals surface area contributed by atoms with Crippen LogP contribution in [0.5, 0.6) is 0 Å². The second-order valence-electron chi connectivity index (χ2n) is 3.74. The van der Waals surface area contributed by atoms with E-state index in [9.17, 15) is 0 Å². The first-order chi connectivity index (χ1) is 5.47. The van der Waals surface area contributed by atoms with Gasteiger partial charge in [-0.25, -0.2) is 0 Å². The smallest absolute Gasteiger partial charge is 0.0232 e. The Morgan fingerprint density at radius 3 is 2.23 bits per heavy atom. The molecule has 0 spiro atoms. The van der Waals surface area contributed by atoms with E-state index in [1.165, 1.54) is 51.9 Å². The lowest BCUT2D eigenvalue weighted by atomic mass is 10.1. The largest absolute Gasteiger partial charge is 0.315 e. The first-order valence-corrected chi connectivity index (χ1v) is 4.91. The zero-order valence-corrected chi connectivity index (χ0v) is 9.63. The molecule has 1 unspecified atom stereocenters. The molecule has 2 fully saturated rings. The van der Waals surface area contributed by atoms with Gasteiger partial charge in [-0.15, -0.1) is 24.8 Å². The first-order valence-electron chi connectivity index (χ1n) is 4.91. The van der Waals surface area contributed by atoms with Crippen LogP contribution in [0.25, 0.3) is 0 Å². The molecule has 0 saturated carbocycles. The van der Waals surface area contributed by atoms with Crippen LogP contribution < -0.4 is 5.32 Å². The molecule has 2 heterocycles. The highest BCUT2D eigenvalue weighted by Crippen LogP contribution is 2.15. The molecule has 0 aromatic carbocycles. The van der Waals surface area contributed by atoms with Gasteiger partial charge in [0.25, 0.3) is 0 Å². The van der Waals surface area contributed by atoms with Crippen molar-refractivity contribution in [3.05, 3.63) is 0 Å². The van der Waals surface area contributed by atoms with Gasteiger partial charge in [0, 0.05) is 12.6 Å². The van der Waals surface area contributed by atoms with Crippen LogP contribution in [0.3, 0.4) is 0 Å². The van der Waals surface area contributed by atoms with Crippen molar-refractivity contribution >= 4 is 24.8 Å². The molecule has 2 saturated heterocycles. The summed E-state index contributed by atoms with van der Waals surface area (Å²) in [6, 6.07) is 0.871. The predicted molar refractivity (Wildman–Crippen MR) is 61.2 cm³/mol. The molecule has 1 atom stereocenters. The van der Waals surface area contributed by atoms with Crippen LogP contribution in [0.4, 0.5) is 0 Å². The Bertz CT molecular complexity index is 121. The number of nitrogens with one attached hydrogen (secondary N) is 1. The fourth-order valence-corrected chi connectivity index (χ4v) is 2.23. The van der Waals surface area contributed by atoms with Gasteiger partial charge in [0.1, 0.15) is 0 Å². The molecule has 2 aliphatic heterocycles. The summed E-state index contributed by atoms with van der Waals surface area (Å²) in [5, 5.41) is 3.43. The molecule has 2 nitrogen and oxygen atoms in total. The summed E-state index contributed by atoms with van der Waals surface area (Å²) >= 11 is 0. The van der Waals surface area contributed by atoms with E-state index in [0.29, 0.717) is 0 Å². The van der Waals surface area contributed by atoms with Crippen molar-refractivity contribution in [2.45, 2.75) is 31.7 Å². The van der Waals surface area contributed by atoms with Crippen LogP contribution in [0, 0.1) is 0 Å². The highest BCUT2D eigenvalue weighted by molar-refractivity contribution is 5.85. The van der Waals surface area contributed by atoms with Gasteiger partial charge in [0.05, 0.1) is 0 Å². The summed E-state index contributed by atoms with van der Waals surface area (Å²) in [7, 11) is 0. The fourth-order valence-electron chi connectivity index (χ4n) is 2.23. The fraction of sp³-hybridized carbons (Fsp3) is 1.00. The Balaban J connectivity index is 0.000000720. The minimum Gasteiger partial charge on any atom is -0.315 e. The number of halogens is 2. The van der Waals surface area contributed by atoms with E-state index >= 15 is 0 Å². The van der Waals surface area contributed by atoms with Gasteiger partial charge in [0.2, 0.25) is 0 Å². The molecule has 2 rings (SSSR count). The van der Waals surface area contributed by atoms with Gasteiger partial charge in [-0.05, 0) is 38.9 Å². The lowest BCUT2D eigenvalue weighted by molar-refractivity contribution is 0.173. The minimum absolute atomic E-state index is 0. The van der Waals surface area contributed by atoms with Crippen LogP contribution in [-0.2, 0) is 0 Å². The number of nitrogens with zero attached hydrogens (tertiary/aromatic N) is 1. The maximum absolute atomic E-state index is 3.43. The van der Waals surface area contributed by atoms with E-state index in [2.05, 4.69) is 10.2 Å². The normalized spacial score (nSPS) is 29.1. The van der Waals surface area contributed by atoms with E-state index in [1.54, 1.807) is 0 Å². The summed E-state index contributed by atoms with van der Waals surface area (Å²) in [5.41, 5.74) is 0. The highest BCUT2D eigenvalue weighted by Gasteiger charge is 2.22. The Kier molecular flexibility index (Phi) is 7.15. The van der Waals surface area contributed by atoms with Crippen LogP contribution in [0.1, 0.15) is 25.7 Å². The number of rotatable bonds is 1. The number of likely N-dealkylation sites (tertiary alicyclic amines) is 1. The molecular formula is C9H20Cl2N2. The molecule has 0 amide bonds. The van der Waals surface area contributed by atoms with Crippen LogP contribution in [0.2, 0.25) is 0 Å². The number of hydrogen-bond acceptors (Lipinski definition) is 2. The molecule has 13 heavy (non-hydrogen) atoms. The van der Waals surface area contributed by atoms with Crippen molar-refractivity contribution in [1.82, 2.24) is 10.2 Å².